The topological polar surface area (TPSA) is 48.4 Å². The summed E-state index contributed by atoms with van der Waals surface area (Å²) in [4.78, 5) is 14.2. The number of halogens is 1. The lowest BCUT2D eigenvalue weighted by molar-refractivity contribution is 0.00578. The molecule has 1 aliphatic rings. The minimum Gasteiger partial charge on any atom is -0.399 e. The zero-order valence-electron chi connectivity index (χ0n) is 10.9. The van der Waals surface area contributed by atoms with Crippen LogP contribution in [0.15, 0.2) is 12.3 Å². The number of nitrogens with zero attached hydrogens (tertiary/aromatic N) is 1. The lowest BCUT2D eigenvalue weighted by Crippen LogP contribution is -2.41. The second-order valence-electron chi connectivity index (χ2n) is 5.35. The first kappa shape index (κ1) is 13.2. The van der Waals surface area contributed by atoms with Gasteiger partial charge in [0.2, 0.25) is 5.95 Å². The molecule has 0 radical (unpaired) electrons. The summed E-state index contributed by atoms with van der Waals surface area (Å²) in [5.41, 5.74) is -0.514. The molecule has 0 atom stereocenters. The molecule has 0 bridgehead atoms. The van der Waals surface area contributed by atoms with Crippen molar-refractivity contribution < 1.29 is 18.5 Å². The van der Waals surface area contributed by atoms with Gasteiger partial charge in [0, 0.05) is 11.7 Å². The summed E-state index contributed by atoms with van der Waals surface area (Å²) in [6.07, 6.45) is 1.75. The van der Waals surface area contributed by atoms with Gasteiger partial charge in [0.25, 0.3) is 0 Å². The molecular weight excluding hydrogens is 236 g/mol. The summed E-state index contributed by atoms with van der Waals surface area (Å²) in [6.45, 7) is 7.68. The first-order chi connectivity index (χ1) is 8.27. The lowest BCUT2D eigenvalue weighted by atomic mass is 9.80. The van der Waals surface area contributed by atoms with Gasteiger partial charge in [-0.2, -0.15) is 4.39 Å². The fraction of sp³-hybridized carbons (Fsp3) is 0.500. The molecule has 0 spiro atoms. The van der Waals surface area contributed by atoms with Gasteiger partial charge in [-0.05, 0) is 33.8 Å². The molecule has 1 aromatic rings. The Morgan fingerprint density at radius 2 is 1.83 bits per heavy atom. The van der Waals surface area contributed by atoms with E-state index < -0.39 is 24.3 Å². The summed E-state index contributed by atoms with van der Waals surface area (Å²) in [7, 11) is -0.637. The van der Waals surface area contributed by atoms with Gasteiger partial charge < -0.3 is 9.31 Å². The highest BCUT2D eigenvalue weighted by molar-refractivity contribution is 6.62. The molecule has 1 aromatic heterocycles. The van der Waals surface area contributed by atoms with E-state index in [1.807, 2.05) is 27.7 Å². The molecule has 0 N–H and O–H groups in total. The number of aromatic nitrogens is 1. The Labute approximate surface area is 106 Å². The molecule has 2 rings (SSSR count). The van der Waals surface area contributed by atoms with Crippen LogP contribution >= 0.6 is 0 Å². The molecule has 18 heavy (non-hydrogen) atoms. The average Bonchev–Trinajstić information content (AvgIpc) is 2.49. The first-order valence-corrected chi connectivity index (χ1v) is 5.73. The molecule has 0 amide bonds. The van der Waals surface area contributed by atoms with Crippen molar-refractivity contribution in [2.45, 2.75) is 38.9 Å². The van der Waals surface area contributed by atoms with Crippen molar-refractivity contribution in [3.8, 4) is 0 Å². The summed E-state index contributed by atoms with van der Waals surface area (Å²) < 4.78 is 24.7. The molecule has 0 unspecified atom stereocenters. The van der Waals surface area contributed by atoms with Crippen molar-refractivity contribution in [3.63, 3.8) is 0 Å². The van der Waals surface area contributed by atoms with Crippen LogP contribution in [0.2, 0.25) is 0 Å². The Morgan fingerprint density at radius 3 is 2.33 bits per heavy atom. The number of hydrogen-bond donors (Lipinski definition) is 0. The van der Waals surface area contributed by atoms with Crippen LogP contribution in [0, 0.1) is 5.95 Å². The zero-order valence-corrected chi connectivity index (χ0v) is 10.9. The van der Waals surface area contributed by atoms with E-state index in [1.165, 1.54) is 12.3 Å². The molecular formula is C12H15BFNO3. The second-order valence-corrected chi connectivity index (χ2v) is 5.35. The van der Waals surface area contributed by atoms with Crippen molar-refractivity contribution in [1.82, 2.24) is 4.98 Å². The molecule has 1 fully saturated rings. The minimum absolute atomic E-state index is 0.0952. The summed E-state index contributed by atoms with van der Waals surface area (Å²) in [5.74, 6) is -0.787. The third-order valence-corrected chi connectivity index (χ3v) is 3.54. The first-order valence-electron chi connectivity index (χ1n) is 5.73. The smallest absolute Gasteiger partial charge is 0.399 e. The molecule has 0 saturated carbocycles. The number of rotatable bonds is 2. The van der Waals surface area contributed by atoms with E-state index in [4.69, 9.17) is 9.31 Å². The molecule has 4 nitrogen and oxygen atoms in total. The van der Waals surface area contributed by atoms with Crippen LogP contribution in [0.3, 0.4) is 0 Å². The van der Waals surface area contributed by atoms with Crippen LogP contribution < -0.4 is 5.46 Å². The molecule has 0 aliphatic carbocycles. The highest BCUT2D eigenvalue weighted by Gasteiger charge is 2.51. The predicted octanol–water partition coefficient (Wildman–Crippen LogP) is 1.33. The number of carbonyl (C=O) groups is 1. The van der Waals surface area contributed by atoms with Crippen LogP contribution in [0.5, 0.6) is 0 Å². The molecule has 96 valence electrons. The molecule has 2 heterocycles. The van der Waals surface area contributed by atoms with Crippen molar-refractivity contribution in [2.75, 3.05) is 0 Å². The lowest BCUT2D eigenvalue weighted by Gasteiger charge is -2.32. The third kappa shape index (κ3) is 2.06. The maximum Gasteiger partial charge on any atom is 0.496 e. The van der Waals surface area contributed by atoms with Crippen LogP contribution in [0.4, 0.5) is 4.39 Å². The quantitative estimate of drug-likeness (QED) is 0.452. The molecule has 1 saturated heterocycles. The largest absolute Gasteiger partial charge is 0.496 e. The summed E-state index contributed by atoms with van der Waals surface area (Å²) in [6, 6.07) is 1.40. The predicted molar refractivity (Wildman–Crippen MR) is 65.3 cm³/mol. The number of pyridine rings is 1. The maximum absolute atomic E-state index is 13.1. The molecule has 1 aliphatic heterocycles. The van der Waals surface area contributed by atoms with E-state index in [0.717, 1.165) is 0 Å². The molecule has 0 aromatic carbocycles. The maximum atomic E-state index is 13.1. The normalized spacial score (nSPS) is 21.1. The van der Waals surface area contributed by atoms with Gasteiger partial charge in [0.15, 0.2) is 6.29 Å². The van der Waals surface area contributed by atoms with Gasteiger partial charge in [0.1, 0.15) is 0 Å². The SMILES string of the molecule is CC1(C)OB(c2cnc(F)c(C=O)c2)OC1(C)C. The van der Waals surface area contributed by atoms with Gasteiger partial charge >= 0.3 is 7.12 Å². The van der Waals surface area contributed by atoms with E-state index in [9.17, 15) is 9.18 Å². The van der Waals surface area contributed by atoms with Gasteiger partial charge in [-0.1, -0.05) is 0 Å². The summed E-state index contributed by atoms with van der Waals surface area (Å²) in [5, 5.41) is 0. The van der Waals surface area contributed by atoms with E-state index in [-0.39, 0.29) is 5.56 Å². The van der Waals surface area contributed by atoms with Crippen LogP contribution in [-0.2, 0) is 9.31 Å². The zero-order chi connectivity index (χ0) is 13.6. The van der Waals surface area contributed by atoms with Crippen LogP contribution in [0.25, 0.3) is 0 Å². The second kappa shape index (κ2) is 4.14. The summed E-state index contributed by atoms with van der Waals surface area (Å²) >= 11 is 0. The van der Waals surface area contributed by atoms with Crippen molar-refractivity contribution in [3.05, 3.63) is 23.8 Å². The van der Waals surface area contributed by atoms with Crippen LogP contribution in [0.1, 0.15) is 38.1 Å². The van der Waals surface area contributed by atoms with Crippen LogP contribution in [-0.4, -0.2) is 29.6 Å². The van der Waals surface area contributed by atoms with E-state index in [0.29, 0.717) is 11.7 Å². The van der Waals surface area contributed by atoms with Gasteiger partial charge in [-0.15, -0.1) is 0 Å². The molecule has 6 heteroatoms. The Bertz CT molecular complexity index is 474. The van der Waals surface area contributed by atoms with E-state index in [2.05, 4.69) is 4.98 Å². The van der Waals surface area contributed by atoms with Gasteiger partial charge in [-0.3, -0.25) is 4.79 Å². The highest BCUT2D eigenvalue weighted by atomic mass is 19.1. The Kier molecular flexibility index (Phi) is 3.03. The van der Waals surface area contributed by atoms with Gasteiger partial charge in [0.05, 0.1) is 16.8 Å². The Morgan fingerprint density at radius 1 is 1.28 bits per heavy atom. The number of aldehydes is 1. The monoisotopic (exact) mass is 251 g/mol. The Hall–Kier alpha value is -1.27. The fourth-order valence-electron chi connectivity index (χ4n) is 1.67. The Balaban J connectivity index is 2.32. The van der Waals surface area contributed by atoms with Crippen molar-refractivity contribution >= 4 is 18.9 Å². The van der Waals surface area contributed by atoms with E-state index >= 15 is 0 Å². The average molecular weight is 251 g/mol. The standard InChI is InChI=1S/C12H15BFNO3/c1-11(2)12(3,4)18-13(17-11)9-5-8(7-16)10(14)15-6-9/h5-7H,1-4H3. The highest BCUT2D eigenvalue weighted by Crippen LogP contribution is 2.36. The minimum atomic E-state index is -0.787. The fourth-order valence-corrected chi connectivity index (χ4v) is 1.67. The van der Waals surface area contributed by atoms with Crippen molar-refractivity contribution in [2.24, 2.45) is 0 Å². The third-order valence-electron chi connectivity index (χ3n) is 3.54. The van der Waals surface area contributed by atoms with Gasteiger partial charge in [-0.25, -0.2) is 4.98 Å². The van der Waals surface area contributed by atoms with Crippen molar-refractivity contribution in [1.29, 1.82) is 0 Å². The van der Waals surface area contributed by atoms with E-state index in [1.54, 1.807) is 0 Å². The number of carbonyl (C=O) groups excluding carboxylic acids is 1. The number of hydrogen-bond acceptors (Lipinski definition) is 4.